The average Bonchev–Trinajstić information content (AvgIpc) is 2.69. The van der Waals surface area contributed by atoms with Gasteiger partial charge < -0.3 is 10.0 Å². The van der Waals surface area contributed by atoms with Crippen LogP contribution in [0.3, 0.4) is 0 Å². The predicted octanol–water partition coefficient (Wildman–Crippen LogP) is 2.47. The lowest BCUT2D eigenvalue weighted by molar-refractivity contribution is -0.150. The highest BCUT2D eigenvalue weighted by Gasteiger charge is 2.25. The van der Waals surface area contributed by atoms with Crippen molar-refractivity contribution < 1.29 is 14.7 Å². The number of halogens is 1. The van der Waals surface area contributed by atoms with Crippen LogP contribution in [0.15, 0.2) is 12.1 Å². The van der Waals surface area contributed by atoms with Crippen molar-refractivity contribution in [3.8, 4) is 0 Å². The second kappa shape index (κ2) is 6.02. The molecule has 0 aromatic carbocycles. The zero-order chi connectivity index (χ0) is 13.0. The molecule has 1 N–H and O–H groups in total. The van der Waals surface area contributed by atoms with E-state index < -0.39 is 11.9 Å². The summed E-state index contributed by atoms with van der Waals surface area (Å²) in [5, 5.41) is 8.80. The zero-order valence-electron chi connectivity index (χ0n) is 9.64. The number of carboxylic acid groups (broad SMARTS) is 1. The summed E-state index contributed by atoms with van der Waals surface area (Å²) >= 11 is 7.19. The fraction of sp³-hybridized carbons (Fsp3) is 0.455. The Morgan fingerprint density at radius 2 is 2.18 bits per heavy atom. The van der Waals surface area contributed by atoms with Crippen LogP contribution >= 0.6 is 22.9 Å². The number of hydrogen-bond acceptors (Lipinski definition) is 3. The van der Waals surface area contributed by atoms with E-state index >= 15 is 0 Å². The van der Waals surface area contributed by atoms with Crippen LogP contribution in [0.25, 0.3) is 0 Å². The number of thiophene rings is 1. The number of amides is 1. The summed E-state index contributed by atoms with van der Waals surface area (Å²) in [6, 6.07) is 3.61. The summed E-state index contributed by atoms with van der Waals surface area (Å²) < 4.78 is 0.662. The van der Waals surface area contributed by atoms with Crippen LogP contribution in [0.4, 0.5) is 0 Å². The topological polar surface area (TPSA) is 57.6 Å². The molecule has 4 nitrogen and oxygen atoms in total. The van der Waals surface area contributed by atoms with E-state index in [2.05, 4.69) is 0 Å². The van der Waals surface area contributed by atoms with Gasteiger partial charge in [-0.1, -0.05) is 11.6 Å². The first-order chi connectivity index (χ1) is 7.95. The van der Waals surface area contributed by atoms with E-state index in [9.17, 15) is 9.59 Å². The van der Waals surface area contributed by atoms with Crippen molar-refractivity contribution in [3.05, 3.63) is 21.3 Å². The van der Waals surface area contributed by atoms with E-state index in [1.165, 1.54) is 23.2 Å². The van der Waals surface area contributed by atoms with E-state index in [-0.39, 0.29) is 5.91 Å². The zero-order valence-corrected chi connectivity index (χ0v) is 11.2. The molecule has 1 aromatic rings. The lowest BCUT2D eigenvalue weighted by Crippen LogP contribution is -2.37. The SMILES string of the molecule is CCN(Cc1ccc(Cl)s1)C(=O)C(C)C(=O)O. The van der Waals surface area contributed by atoms with Crippen LogP contribution < -0.4 is 0 Å². The van der Waals surface area contributed by atoms with Crippen molar-refractivity contribution in [3.63, 3.8) is 0 Å². The second-order valence-electron chi connectivity index (χ2n) is 3.62. The van der Waals surface area contributed by atoms with E-state index in [1.807, 2.05) is 13.0 Å². The van der Waals surface area contributed by atoms with Crippen LogP contribution in [0.2, 0.25) is 4.34 Å². The standard InChI is InChI=1S/C11H14ClNO3S/c1-3-13(10(14)7(2)11(15)16)6-8-4-5-9(12)17-8/h4-5,7H,3,6H2,1-2H3,(H,15,16). The Kier molecular flexibility index (Phi) is 4.96. The van der Waals surface area contributed by atoms with Gasteiger partial charge in [0.1, 0.15) is 5.92 Å². The normalized spacial score (nSPS) is 12.2. The molecule has 0 saturated heterocycles. The molecule has 0 aliphatic carbocycles. The molecular formula is C11H14ClNO3S. The van der Waals surface area contributed by atoms with E-state index in [0.29, 0.717) is 17.4 Å². The number of rotatable bonds is 5. The number of carboxylic acids is 1. The average molecular weight is 276 g/mol. The third-order valence-corrected chi connectivity index (χ3v) is 3.63. The summed E-state index contributed by atoms with van der Waals surface area (Å²) in [6.45, 7) is 4.10. The largest absolute Gasteiger partial charge is 0.481 e. The maximum atomic E-state index is 11.8. The van der Waals surface area contributed by atoms with Crippen LogP contribution in [0.5, 0.6) is 0 Å². The monoisotopic (exact) mass is 275 g/mol. The van der Waals surface area contributed by atoms with Gasteiger partial charge in [0.05, 0.1) is 10.9 Å². The lowest BCUT2D eigenvalue weighted by atomic mass is 10.1. The van der Waals surface area contributed by atoms with Crippen molar-refractivity contribution in [1.29, 1.82) is 0 Å². The molecule has 0 saturated carbocycles. The lowest BCUT2D eigenvalue weighted by Gasteiger charge is -2.22. The molecule has 1 amide bonds. The Balaban J connectivity index is 2.72. The molecule has 0 aliphatic rings. The highest BCUT2D eigenvalue weighted by Crippen LogP contribution is 2.23. The van der Waals surface area contributed by atoms with Gasteiger partial charge in [0.2, 0.25) is 5.91 Å². The fourth-order valence-corrected chi connectivity index (χ4v) is 2.45. The van der Waals surface area contributed by atoms with Gasteiger partial charge in [-0.2, -0.15) is 0 Å². The van der Waals surface area contributed by atoms with Gasteiger partial charge in [-0.3, -0.25) is 9.59 Å². The maximum absolute atomic E-state index is 11.8. The minimum Gasteiger partial charge on any atom is -0.481 e. The number of carbonyl (C=O) groups is 2. The molecular weight excluding hydrogens is 262 g/mol. The van der Waals surface area contributed by atoms with Crippen molar-refractivity contribution >= 4 is 34.8 Å². The molecule has 1 atom stereocenters. The van der Waals surface area contributed by atoms with Gasteiger partial charge >= 0.3 is 5.97 Å². The van der Waals surface area contributed by atoms with Gasteiger partial charge in [-0.05, 0) is 26.0 Å². The Morgan fingerprint density at radius 3 is 2.59 bits per heavy atom. The minimum atomic E-state index is -1.10. The van der Waals surface area contributed by atoms with Crippen molar-refractivity contribution in [2.24, 2.45) is 5.92 Å². The fourth-order valence-electron chi connectivity index (χ4n) is 1.35. The summed E-state index contributed by atoms with van der Waals surface area (Å²) in [5.41, 5.74) is 0. The Morgan fingerprint density at radius 1 is 1.53 bits per heavy atom. The van der Waals surface area contributed by atoms with Crippen LogP contribution in [0, 0.1) is 5.92 Å². The van der Waals surface area contributed by atoms with E-state index in [4.69, 9.17) is 16.7 Å². The maximum Gasteiger partial charge on any atom is 0.315 e. The molecule has 0 bridgehead atoms. The molecule has 0 fully saturated rings. The second-order valence-corrected chi connectivity index (χ2v) is 5.42. The first-order valence-electron chi connectivity index (χ1n) is 5.21. The van der Waals surface area contributed by atoms with Gasteiger partial charge in [0.15, 0.2) is 0 Å². The minimum absolute atomic E-state index is 0.371. The first-order valence-corrected chi connectivity index (χ1v) is 6.41. The Labute approximate surface area is 109 Å². The number of hydrogen-bond donors (Lipinski definition) is 1. The summed E-state index contributed by atoms with van der Waals surface area (Å²) in [7, 11) is 0. The van der Waals surface area contributed by atoms with Gasteiger partial charge in [0, 0.05) is 11.4 Å². The summed E-state index contributed by atoms with van der Waals surface area (Å²) in [5.74, 6) is -2.48. The molecule has 94 valence electrons. The predicted molar refractivity (Wildman–Crippen MR) is 67.2 cm³/mol. The van der Waals surface area contributed by atoms with E-state index in [0.717, 1.165) is 4.88 Å². The molecule has 1 aromatic heterocycles. The Hall–Kier alpha value is -1.07. The summed E-state index contributed by atoms with van der Waals surface area (Å²) in [6.07, 6.45) is 0. The number of nitrogens with zero attached hydrogens (tertiary/aromatic N) is 1. The first kappa shape index (κ1) is 14.0. The molecule has 6 heteroatoms. The van der Waals surface area contributed by atoms with Gasteiger partial charge in [-0.25, -0.2) is 0 Å². The van der Waals surface area contributed by atoms with Crippen LogP contribution in [0.1, 0.15) is 18.7 Å². The van der Waals surface area contributed by atoms with E-state index in [1.54, 1.807) is 6.07 Å². The van der Waals surface area contributed by atoms with Gasteiger partial charge in [-0.15, -0.1) is 11.3 Å². The molecule has 1 unspecified atom stereocenters. The summed E-state index contributed by atoms with van der Waals surface area (Å²) in [4.78, 5) is 25.1. The number of carbonyl (C=O) groups excluding carboxylic acids is 1. The van der Waals surface area contributed by atoms with Crippen LogP contribution in [-0.2, 0) is 16.1 Å². The van der Waals surface area contributed by atoms with Crippen LogP contribution in [-0.4, -0.2) is 28.4 Å². The molecule has 1 heterocycles. The highest BCUT2D eigenvalue weighted by molar-refractivity contribution is 7.16. The molecule has 1 rings (SSSR count). The van der Waals surface area contributed by atoms with Crippen molar-refractivity contribution in [2.75, 3.05) is 6.54 Å². The highest BCUT2D eigenvalue weighted by atomic mass is 35.5. The molecule has 0 radical (unpaired) electrons. The van der Waals surface area contributed by atoms with Gasteiger partial charge in [0.25, 0.3) is 0 Å². The Bertz CT molecular complexity index is 419. The molecule has 0 spiro atoms. The molecule has 17 heavy (non-hydrogen) atoms. The smallest absolute Gasteiger partial charge is 0.315 e. The quantitative estimate of drug-likeness (QED) is 0.840. The third kappa shape index (κ3) is 3.71. The molecule has 0 aliphatic heterocycles. The third-order valence-electron chi connectivity index (χ3n) is 2.41. The van der Waals surface area contributed by atoms with Crippen molar-refractivity contribution in [2.45, 2.75) is 20.4 Å². The number of aliphatic carboxylic acids is 1. The van der Waals surface area contributed by atoms with Crippen molar-refractivity contribution in [1.82, 2.24) is 4.90 Å².